The zero-order chi connectivity index (χ0) is 16.8. The van der Waals surface area contributed by atoms with Crippen LogP contribution in [0.4, 0.5) is 17.6 Å². The number of thiazole rings is 1. The standard InChI is InChI=1S/C17H13N7S/c18-15-22-16(20-12-6-5-10-8-19-9-11(10)7-12)23-24(15)17-21-13-3-1-2-4-14(13)25-17/h1-8H,9H2,(H3,18,20,22,23). The van der Waals surface area contributed by atoms with Crippen LogP contribution < -0.4 is 11.1 Å². The Balaban J connectivity index is 1.47. The molecule has 0 spiro atoms. The Bertz CT molecular complexity index is 1090. The van der Waals surface area contributed by atoms with Crippen molar-refractivity contribution in [2.24, 2.45) is 4.99 Å². The Morgan fingerprint density at radius 3 is 2.96 bits per heavy atom. The molecule has 2 aromatic carbocycles. The van der Waals surface area contributed by atoms with Crippen LogP contribution in [0.1, 0.15) is 11.1 Å². The van der Waals surface area contributed by atoms with Crippen molar-refractivity contribution < 1.29 is 0 Å². The number of benzene rings is 2. The Morgan fingerprint density at radius 2 is 2.04 bits per heavy atom. The zero-order valence-electron chi connectivity index (χ0n) is 13.0. The van der Waals surface area contributed by atoms with Crippen molar-refractivity contribution in [3.05, 3.63) is 53.6 Å². The normalized spacial score (nSPS) is 12.6. The minimum atomic E-state index is 0.297. The maximum absolute atomic E-state index is 6.04. The monoisotopic (exact) mass is 347 g/mol. The van der Waals surface area contributed by atoms with Crippen molar-refractivity contribution in [3.8, 4) is 5.13 Å². The van der Waals surface area contributed by atoms with E-state index in [1.807, 2.05) is 42.6 Å². The number of para-hydroxylation sites is 1. The van der Waals surface area contributed by atoms with Gasteiger partial charge in [-0.3, -0.25) is 4.99 Å². The lowest BCUT2D eigenvalue weighted by molar-refractivity contribution is 0.886. The van der Waals surface area contributed by atoms with Crippen molar-refractivity contribution in [1.82, 2.24) is 19.7 Å². The van der Waals surface area contributed by atoms with E-state index in [9.17, 15) is 0 Å². The van der Waals surface area contributed by atoms with E-state index in [2.05, 4.69) is 31.4 Å². The van der Waals surface area contributed by atoms with Gasteiger partial charge in [0.15, 0.2) is 0 Å². The highest BCUT2D eigenvalue weighted by atomic mass is 32.1. The molecular formula is C17H13N7S. The molecule has 1 aliphatic rings. The quantitative estimate of drug-likeness (QED) is 0.594. The molecule has 25 heavy (non-hydrogen) atoms. The fourth-order valence-corrected chi connectivity index (χ4v) is 3.71. The third-order valence-corrected chi connectivity index (χ3v) is 5.00. The number of aromatic nitrogens is 4. The summed E-state index contributed by atoms with van der Waals surface area (Å²) in [7, 11) is 0. The first-order chi connectivity index (χ1) is 12.3. The Kier molecular flexibility index (Phi) is 3.04. The average Bonchev–Trinajstić information content (AvgIpc) is 3.31. The van der Waals surface area contributed by atoms with E-state index in [4.69, 9.17) is 5.73 Å². The van der Waals surface area contributed by atoms with Gasteiger partial charge in [-0.15, -0.1) is 5.10 Å². The van der Waals surface area contributed by atoms with Gasteiger partial charge in [0.2, 0.25) is 17.0 Å². The van der Waals surface area contributed by atoms with Gasteiger partial charge < -0.3 is 11.1 Å². The fourth-order valence-electron chi connectivity index (χ4n) is 2.79. The van der Waals surface area contributed by atoms with Crippen molar-refractivity contribution in [2.45, 2.75) is 6.54 Å². The van der Waals surface area contributed by atoms with E-state index in [0.717, 1.165) is 21.5 Å². The van der Waals surface area contributed by atoms with Crippen LogP contribution in [0.3, 0.4) is 0 Å². The van der Waals surface area contributed by atoms with E-state index >= 15 is 0 Å². The molecular weight excluding hydrogens is 334 g/mol. The fraction of sp³-hybridized carbons (Fsp3) is 0.0588. The number of hydrogen-bond donors (Lipinski definition) is 2. The molecule has 7 nitrogen and oxygen atoms in total. The van der Waals surface area contributed by atoms with Gasteiger partial charge >= 0.3 is 0 Å². The highest BCUT2D eigenvalue weighted by molar-refractivity contribution is 7.20. The van der Waals surface area contributed by atoms with Gasteiger partial charge in [0, 0.05) is 11.9 Å². The van der Waals surface area contributed by atoms with Crippen LogP contribution in [0.5, 0.6) is 0 Å². The van der Waals surface area contributed by atoms with Crippen LogP contribution in [0.2, 0.25) is 0 Å². The van der Waals surface area contributed by atoms with Crippen molar-refractivity contribution in [3.63, 3.8) is 0 Å². The summed E-state index contributed by atoms with van der Waals surface area (Å²) in [5, 5.41) is 8.34. The largest absolute Gasteiger partial charge is 0.368 e. The maximum atomic E-state index is 6.04. The minimum absolute atomic E-state index is 0.297. The zero-order valence-corrected chi connectivity index (χ0v) is 13.9. The second-order valence-electron chi connectivity index (χ2n) is 5.68. The lowest BCUT2D eigenvalue weighted by Crippen LogP contribution is -2.01. The van der Waals surface area contributed by atoms with E-state index < -0.39 is 0 Å². The van der Waals surface area contributed by atoms with Crippen LogP contribution in [-0.2, 0) is 6.54 Å². The predicted molar refractivity (Wildman–Crippen MR) is 100.0 cm³/mol. The molecule has 3 N–H and O–H groups in total. The predicted octanol–water partition coefficient (Wildman–Crippen LogP) is 3.14. The van der Waals surface area contributed by atoms with Crippen LogP contribution in [0.15, 0.2) is 47.5 Å². The molecule has 1 aliphatic heterocycles. The summed E-state index contributed by atoms with van der Waals surface area (Å²) in [5.74, 6) is 0.738. The smallest absolute Gasteiger partial charge is 0.248 e. The number of nitrogen functional groups attached to an aromatic ring is 1. The third kappa shape index (κ3) is 2.43. The van der Waals surface area contributed by atoms with E-state index in [1.54, 1.807) is 4.68 Å². The SMILES string of the molecule is Nc1nc(Nc2ccc3c(c2)CN=C3)nn1-c1nc2ccccc2s1. The van der Waals surface area contributed by atoms with E-state index in [0.29, 0.717) is 23.6 Å². The molecule has 0 amide bonds. The van der Waals surface area contributed by atoms with Crippen LogP contribution in [0, 0.1) is 0 Å². The Morgan fingerprint density at radius 1 is 1.12 bits per heavy atom. The summed E-state index contributed by atoms with van der Waals surface area (Å²) < 4.78 is 2.64. The molecule has 5 rings (SSSR count). The number of fused-ring (bicyclic) bond motifs is 2. The second-order valence-corrected chi connectivity index (χ2v) is 6.69. The van der Waals surface area contributed by atoms with Gasteiger partial charge in [-0.25, -0.2) is 4.98 Å². The molecule has 0 bridgehead atoms. The first-order valence-electron chi connectivity index (χ1n) is 7.74. The van der Waals surface area contributed by atoms with Crippen LogP contribution in [-0.4, -0.2) is 26.0 Å². The molecule has 0 radical (unpaired) electrons. The summed E-state index contributed by atoms with van der Waals surface area (Å²) in [6.45, 7) is 0.709. The first kappa shape index (κ1) is 14.1. The first-order valence-corrected chi connectivity index (χ1v) is 8.56. The minimum Gasteiger partial charge on any atom is -0.368 e. The molecule has 0 unspecified atom stereocenters. The molecule has 0 fully saturated rings. The highest BCUT2D eigenvalue weighted by Crippen LogP contribution is 2.27. The number of anilines is 3. The Labute approximate surface area is 146 Å². The molecule has 8 heteroatoms. The summed E-state index contributed by atoms with van der Waals surface area (Å²) in [4.78, 5) is 13.1. The summed E-state index contributed by atoms with van der Waals surface area (Å²) in [5.41, 5.74) is 10.2. The number of nitrogens with zero attached hydrogens (tertiary/aromatic N) is 5. The number of nitrogens with one attached hydrogen (secondary N) is 1. The molecule has 2 aromatic heterocycles. The van der Waals surface area contributed by atoms with Crippen molar-refractivity contribution in [2.75, 3.05) is 11.1 Å². The summed E-state index contributed by atoms with van der Waals surface area (Å²) in [6, 6.07) is 14.0. The molecule has 3 heterocycles. The highest BCUT2D eigenvalue weighted by Gasteiger charge is 2.14. The molecule has 0 atom stereocenters. The molecule has 0 saturated carbocycles. The van der Waals surface area contributed by atoms with Gasteiger partial charge in [0.1, 0.15) is 0 Å². The van der Waals surface area contributed by atoms with Crippen LogP contribution in [0.25, 0.3) is 15.3 Å². The van der Waals surface area contributed by atoms with Crippen molar-refractivity contribution >= 4 is 45.4 Å². The maximum Gasteiger partial charge on any atom is 0.248 e. The van der Waals surface area contributed by atoms with Gasteiger partial charge in [-0.1, -0.05) is 29.5 Å². The van der Waals surface area contributed by atoms with Gasteiger partial charge in [-0.2, -0.15) is 9.67 Å². The number of aliphatic imine (C=N–C) groups is 1. The topological polar surface area (TPSA) is 94.0 Å². The van der Waals surface area contributed by atoms with Crippen LogP contribution >= 0.6 is 11.3 Å². The van der Waals surface area contributed by atoms with E-state index in [-0.39, 0.29) is 0 Å². The summed E-state index contributed by atoms with van der Waals surface area (Å²) in [6.07, 6.45) is 1.89. The molecule has 0 saturated heterocycles. The number of nitrogens with two attached hydrogens (primary N) is 1. The van der Waals surface area contributed by atoms with Gasteiger partial charge in [0.25, 0.3) is 0 Å². The number of hydrogen-bond acceptors (Lipinski definition) is 7. The average molecular weight is 347 g/mol. The van der Waals surface area contributed by atoms with Gasteiger partial charge in [0.05, 0.1) is 16.8 Å². The van der Waals surface area contributed by atoms with Gasteiger partial charge in [-0.05, 0) is 35.4 Å². The molecule has 0 aliphatic carbocycles. The third-order valence-electron chi connectivity index (χ3n) is 3.99. The van der Waals surface area contributed by atoms with E-state index in [1.165, 1.54) is 16.9 Å². The Hall–Kier alpha value is -3.26. The summed E-state index contributed by atoms with van der Waals surface area (Å²) >= 11 is 1.53. The molecule has 122 valence electrons. The molecule has 4 aromatic rings. The lowest BCUT2D eigenvalue weighted by Gasteiger charge is -2.04. The number of rotatable bonds is 3. The van der Waals surface area contributed by atoms with Crippen molar-refractivity contribution in [1.29, 1.82) is 0 Å². The second kappa shape index (κ2) is 5.38. The lowest BCUT2D eigenvalue weighted by atomic mass is 10.1.